The zero-order valence-corrected chi connectivity index (χ0v) is 10.6. The summed E-state index contributed by atoms with van der Waals surface area (Å²) in [6.07, 6.45) is -0.814. The maximum Gasteiger partial charge on any atom is 0.273 e. The van der Waals surface area contributed by atoms with Crippen LogP contribution in [0.1, 0.15) is 12.5 Å². The summed E-state index contributed by atoms with van der Waals surface area (Å²) >= 11 is 0. The molecule has 0 fully saturated rings. The van der Waals surface area contributed by atoms with Crippen molar-refractivity contribution in [2.75, 3.05) is 6.54 Å². The molecule has 0 amide bonds. The van der Waals surface area contributed by atoms with Crippen molar-refractivity contribution in [3.8, 4) is 0 Å². The van der Waals surface area contributed by atoms with Gasteiger partial charge < -0.3 is 5.11 Å². The Morgan fingerprint density at radius 3 is 2.61 bits per heavy atom. The number of aliphatic hydroxyl groups is 1. The molecule has 0 aliphatic rings. The van der Waals surface area contributed by atoms with Gasteiger partial charge in [-0.15, -0.1) is 0 Å². The fraction of sp³-hybridized carbons (Fsp3) is 0.400. The van der Waals surface area contributed by atoms with E-state index in [0.29, 0.717) is 0 Å². The zero-order valence-electron chi connectivity index (χ0n) is 9.74. The lowest BCUT2D eigenvalue weighted by atomic mass is 10.2. The van der Waals surface area contributed by atoms with Crippen LogP contribution in [0.5, 0.6) is 0 Å². The zero-order chi connectivity index (χ0) is 13.8. The Bertz CT molecular complexity index is 527. The van der Waals surface area contributed by atoms with Gasteiger partial charge in [0, 0.05) is 18.2 Å². The van der Waals surface area contributed by atoms with Gasteiger partial charge in [0.15, 0.2) is 0 Å². The highest BCUT2D eigenvalue weighted by Crippen LogP contribution is 2.19. The van der Waals surface area contributed by atoms with Gasteiger partial charge in [-0.2, -0.15) is 0 Å². The average molecular weight is 274 g/mol. The molecule has 0 bridgehead atoms. The Kier molecular flexibility index (Phi) is 4.76. The molecule has 0 radical (unpaired) electrons. The second kappa shape index (κ2) is 5.89. The smallest absolute Gasteiger partial charge is 0.273 e. The second-order valence-electron chi connectivity index (χ2n) is 3.84. The van der Waals surface area contributed by atoms with E-state index >= 15 is 0 Å². The molecular weight excluding hydrogens is 260 g/mol. The molecule has 8 heteroatoms. The van der Waals surface area contributed by atoms with Crippen molar-refractivity contribution in [3.05, 3.63) is 39.9 Å². The maximum absolute atomic E-state index is 11.6. The molecule has 1 atom stereocenters. The summed E-state index contributed by atoms with van der Waals surface area (Å²) in [5, 5.41) is 19.7. The van der Waals surface area contributed by atoms with Gasteiger partial charge in [0.2, 0.25) is 10.0 Å². The number of para-hydroxylation sites is 1. The van der Waals surface area contributed by atoms with E-state index in [1.54, 1.807) is 0 Å². The van der Waals surface area contributed by atoms with Crippen molar-refractivity contribution >= 4 is 15.7 Å². The predicted molar refractivity (Wildman–Crippen MR) is 65.4 cm³/mol. The summed E-state index contributed by atoms with van der Waals surface area (Å²) in [7, 11) is -3.70. The van der Waals surface area contributed by atoms with Gasteiger partial charge in [-0.05, 0) is 6.92 Å². The SMILES string of the molecule is C[C@H](O)CNS(=O)(=O)Cc1ccccc1[N+](=O)[O-]. The lowest BCUT2D eigenvalue weighted by molar-refractivity contribution is -0.385. The Morgan fingerprint density at radius 1 is 1.44 bits per heavy atom. The molecule has 0 saturated heterocycles. The van der Waals surface area contributed by atoms with Crippen LogP contribution in [0, 0.1) is 10.1 Å². The molecule has 1 rings (SSSR count). The van der Waals surface area contributed by atoms with Crippen LogP contribution in [0.2, 0.25) is 0 Å². The predicted octanol–water partition coefficient (Wildman–Crippen LogP) is 0.395. The normalized spacial score (nSPS) is 13.2. The van der Waals surface area contributed by atoms with E-state index in [1.165, 1.54) is 31.2 Å². The molecule has 0 heterocycles. The number of nitrogens with one attached hydrogen (secondary N) is 1. The Balaban J connectivity index is 2.87. The van der Waals surface area contributed by atoms with Crippen molar-refractivity contribution in [1.82, 2.24) is 4.72 Å². The number of rotatable bonds is 6. The standard InChI is InChI=1S/C10H14N2O5S/c1-8(13)6-11-18(16,17)7-9-4-2-3-5-10(9)12(14)15/h2-5,8,11,13H,6-7H2,1H3/t8-/m0/s1. The number of benzene rings is 1. The summed E-state index contributed by atoms with van der Waals surface area (Å²) in [6.45, 7) is 1.32. The number of nitrogens with zero attached hydrogens (tertiary/aromatic N) is 1. The summed E-state index contributed by atoms with van der Waals surface area (Å²) in [5.41, 5.74) is -0.125. The van der Waals surface area contributed by atoms with Gasteiger partial charge >= 0.3 is 0 Å². The number of nitro benzene ring substituents is 1. The molecular formula is C10H14N2O5S. The largest absolute Gasteiger partial charge is 0.392 e. The molecule has 1 aromatic rings. The fourth-order valence-electron chi connectivity index (χ4n) is 1.31. The van der Waals surface area contributed by atoms with Gasteiger partial charge in [-0.25, -0.2) is 13.1 Å². The third-order valence-corrected chi connectivity index (χ3v) is 3.43. The molecule has 0 saturated carbocycles. The van der Waals surface area contributed by atoms with Gasteiger partial charge in [-0.3, -0.25) is 10.1 Å². The molecule has 100 valence electrons. The lowest BCUT2D eigenvalue weighted by Gasteiger charge is -2.08. The van der Waals surface area contributed by atoms with E-state index in [1.807, 2.05) is 0 Å². The molecule has 0 aliphatic heterocycles. The van der Waals surface area contributed by atoms with Crippen LogP contribution >= 0.6 is 0 Å². The van der Waals surface area contributed by atoms with Gasteiger partial charge in [0.05, 0.1) is 16.8 Å². The van der Waals surface area contributed by atoms with E-state index in [-0.39, 0.29) is 17.8 Å². The third-order valence-electron chi connectivity index (χ3n) is 2.13. The quantitative estimate of drug-likeness (QED) is 0.576. The summed E-state index contributed by atoms with van der Waals surface area (Å²) in [4.78, 5) is 10.1. The van der Waals surface area contributed by atoms with Crippen LogP contribution in [0.25, 0.3) is 0 Å². The van der Waals surface area contributed by atoms with E-state index in [4.69, 9.17) is 5.11 Å². The lowest BCUT2D eigenvalue weighted by Crippen LogP contribution is -2.31. The topological polar surface area (TPSA) is 110 Å². The summed E-state index contributed by atoms with van der Waals surface area (Å²) < 4.78 is 25.4. The summed E-state index contributed by atoms with van der Waals surface area (Å²) in [6, 6.07) is 5.64. The van der Waals surface area contributed by atoms with Crippen LogP contribution in [0.4, 0.5) is 5.69 Å². The summed E-state index contributed by atoms with van der Waals surface area (Å²) in [5.74, 6) is -0.489. The Hall–Kier alpha value is -1.51. The first kappa shape index (κ1) is 14.6. The van der Waals surface area contributed by atoms with Crippen LogP contribution in [-0.4, -0.2) is 31.1 Å². The first-order valence-corrected chi connectivity index (χ1v) is 6.85. The van der Waals surface area contributed by atoms with Crippen molar-refractivity contribution < 1.29 is 18.4 Å². The molecule has 0 aliphatic carbocycles. The first-order valence-electron chi connectivity index (χ1n) is 5.19. The van der Waals surface area contributed by atoms with Gasteiger partial charge in [0.25, 0.3) is 5.69 Å². The minimum absolute atomic E-state index is 0.112. The van der Waals surface area contributed by atoms with Crippen molar-refractivity contribution in [2.45, 2.75) is 18.8 Å². The van der Waals surface area contributed by atoms with E-state index in [0.717, 1.165) is 0 Å². The monoisotopic (exact) mass is 274 g/mol. The Labute approximate surface area is 105 Å². The van der Waals surface area contributed by atoms with Crippen LogP contribution in [-0.2, 0) is 15.8 Å². The maximum atomic E-state index is 11.6. The average Bonchev–Trinajstić information content (AvgIpc) is 2.26. The van der Waals surface area contributed by atoms with Crippen LogP contribution < -0.4 is 4.72 Å². The number of sulfonamides is 1. The molecule has 1 aromatic carbocycles. The number of aliphatic hydroxyl groups excluding tert-OH is 1. The van der Waals surface area contributed by atoms with Gasteiger partial charge in [-0.1, -0.05) is 18.2 Å². The number of hydrogen-bond acceptors (Lipinski definition) is 5. The highest BCUT2D eigenvalue weighted by molar-refractivity contribution is 7.88. The van der Waals surface area contributed by atoms with Crippen molar-refractivity contribution in [3.63, 3.8) is 0 Å². The van der Waals surface area contributed by atoms with Crippen molar-refractivity contribution in [2.24, 2.45) is 0 Å². The molecule has 2 N–H and O–H groups in total. The van der Waals surface area contributed by atoms with Crippen molar-refractivity contribution in [1.29, 1.82) is 0 Å². The highest BCUT2D eigenvalue weighted by atomic mass is 32.2. The Morgan fingerprint density at radius 2 is 2.06 bits per heavy atom. The van der Waals surface area contributed by atoms with Crippen LogP contribution in [0.15, 0.2) is 24.3 Å². The molecule has 0 spiro atoms. The third kappa shape index (κ3) is 4.40. The molecule has 0 unspecified atom stereocenters. The minimum Gasteiger partial charge on any atom is -0.392 e. The second-order valence-corrected chi connectivity index (χ2v) is 5.65. The van der Waals surface area contributed by atoms with Gasteiger partial charge in [0.1, 0.15) is 0 Å². The van der Waals surface area contributed by atoms with Crippen LogP contribution in [0.3, 0.4) is 0 Å². The molecule has 7 nitrogen and oxygen atoms in total. The van der Waals surface area contributed by atoms with E-state index < -0.39 is 26.8 Å². The minimum atomic E-state index is -3.70. The fourth-order valence-corrected chi connectivity index (χ4v) is 2.57. The highest BCUT2D eigenvalue weighted by Gasteiger charge is 2.19. The number of nitro groups is 1. The molecule has 18 heavy (non-hydrogen) atoms. The number of hydrogen-bond donors (Lipinski definition) is 2. The van der Waals surface area contributed by atoms with E-state index in [2.05, 4.69) is 4.72 Å². The first-order chi connectivity index (χ1) is 8.32. The molecule has 0 aromatic heterocycles. The van der Waals surface area contributed by atoms with E-state index in [9.17, 15) is 18.5 Å².